The van der Waals surface area contributed by atoms with E-state index in [4.69, 9.17) is 9.47 Å². The van der Waals surface area contributed by atoms with E-state index in [1.165, 1.54) is 0 Å². The standard InChI is InChI=1S/C25H23N3O2S/c1-2-8-20-10-3-5-13-23(20)30-16-15-29-21-11-7-9-19(17-21)18-26-28-25-27-22-12-4-6-14-24(22)31-25/h2-7,9-14,17-18H,1,8,15-16H2,(H,27,28)/b26-18-. The second-order valence-corrected chi connectivity index (χ2v) is 7.76. The van der Waals surface area contributed by atoms with Gasteiger partial charge in [-0.1, -0.05) is 59.9 Å². The van der Waals surface area contributed by atoms with Gasteiger partial charge in [0, 0.05) is 0 Å². The molecule has 0 spiro atoms. The molecule has 0 aliphatic carbocycles. The molecule has 0 fully saturated rings. The number of para-hydroxylation sites is 2. The molecule has 1 aromatic heterocycles. The van der Waals surface area contributed by atoms with Crippen LogP contribution in [0.5, 0.6) is 11.5 Å². The lowest BCUT2D eigenvalue weighted by atomic mass is 10.1. The maximum absolute atomic E-state index is 5.87. The van der Waals surface area contributed by atoms with Crippen LogP contribution in [0.15, 0.2) is 90.6 Å². The molecule has 5 nitrogen and oxygen atoms in total. The van der Waals surface area contributed by atoms with E-state index in [1.807, 2.05) is 78.9 Å². The highest BCUT2D eigenvalue weighted by Gasteiger charge is 2.03. The average molecular weight is 430 g/mol. The monoisotopic (exact) mass is 429 g/mol. The molecule has 31 heavy (non-hydrogen) atoms. The van der Waals surface area contributed by atoms with Crippen LogP contribution in [0.25, 0.3) is 10.2 Å². The highest BCUT2D eigenvalue weighted by molar-refractivity contribution is 7.22. The van der Waals surface area contributed by atoms with Crippen molar-refractivity contribution in [2.75, 3.05) is 18.6 Å². The van der Waals surface area contributed by atoms with E-state index in [-0.39, 0.29) is 0 Å². The van der Waals surface area contributed by atoms with E-state index in [0.717, 1.165) is 44.4 Å². The van der Waals surface area contributed by atoms with Gasteiger partial charge in [0.05, 0.1) is 16.4 Å². The summed E-state index contributed by atoms with van der Waals surface area (Å²) in [7, 11) is 0. The second kappa shape index (κ2) is 10.4. The molecular formula is C25H23N3O2S. The van der Waals surface area contributed by atoms with Crippen molar-refractivity contribution in [3.05, 3.63) is 96.6 Å². The van der Waals surface area contributed by atoms with E-state index < -0.39 is 0 Å². The minimum absolute atomic E-state index is 0.451. The summed E-state index contributed by atoms with van der Waals surface area (Å²) >= 11 is 1.57. The van der Waals surface area contributed by atoms with Gasteiger partial charge in [0.2, 0.25) is 5.13 Å². The maximum atomic E-state index is 5.87. The molecule has 0 unspecified atom stereocenters. The van der Waals surface area contributed by atoms with Crippen molar-refractivity contribution in [1.29, 1.82) is 0 Å². The predicted octanol–water partition coefficient (Wildman–Crippen LogP) is 5.93. The van der Waals surface area contributed by atoms with Gasteiger partial charge in [0.15, 0.2) is 0 Å². The fraction of sp³-hybridized carbons (Fsp3) is 0.120. The number of benzene rings is 3. The van der Waals surface area contributed by atoms with E-state index in [1.54, 1.807) is 17.6 Å². The van der Waals surface area contributed by atoms with Crippen molar-refractivity contribution in [3.8, 4) is 11.5 Å². The molecule has 0 amide bonds. The number of hydrogen-bond acceptors (Lipinski definition) is 6. The number of ether oxygens (including phenoxy) is 2. The van der Waals surface area contributed by atoms with Crippen LogP contribution in [0.4, 0.5) is 5.13 Å². The molecule has 156 valence electrons. The first-order valence-electron chi connectivity index (χ1n) is 10.0. The van der Waals surface area contributed by atoms with Gasteiger partial charge < -0.3 is 9.47 Å². The van der Waals surface area contributed by atoms with Crippen molar-refractivity contribution in [2.45, 2.75) is 6.42 Å². The van der Waals surface area contributed by atoms with Crippen LogP contribution in [-0.2, 0) is 6.42 Å². The number of allylic oxidation sites excluding steroid dienone is 1. The number of rotatable bonds is 10. The summed E-state index contributed by atoms with van der Waals surface area (Å²) in [6.45, 7) is 4.71. The number of hydrazone groups is 1. The lowest BCUT2D eigenvalue weighted by molar-refractivity contribution is 0.216. The van der Waals surface area contributed by atoms with E-state index >= 15 is 0 Å². The van der Waals surface area contributed by atoms with Crippen molar-refractivity contribution < 1.29 is 9.47 Å². The molecule has 0 saturated carbocycles. The predicted molar refractivity (Wildman–Crippen MR) is 129 cm³/mol. The number of hydrogen-bond donors (Lipinski definition) is 1. The van der Waals surface area contributed by atoms with Crippen molar-refractivity contribution in [2.24, 2.45) is 5.10 Å². The fourth-order valence-corrected chi connectivity index (χ4v) is 3.86. The number of nitrogens with zero attached hydrogens (tertiary/aromatic N) is 2. The largest absolute Gasteiger partial charge is 0.490 e. The Labute approximate surface area is 185 Å². The van der Waals surface area contributed by atoms with Crippen LogP contribution in [-0.4, -0.2) is 24.4 Å². The average Bonchev–Trinajstić information content (AvgIpc) is 3.21. The Morgan fingerprint density at radius 2 is 1.81 bits per heavy atom. The number of anilines is 1. The van der Waals surface area contributed by atoms with Gasteiger partial charge in [-0.05, 0) is 47.9 Å². The van der Waals surface area contributed by atoms with Gasteiger partial charge in [-0.25, -0.2) is 4.98 Å². The number of aromatic nitrogens is 1. The van der Waals surface area contributed by atoms with Crippen molar-refractivity contribution in [3.63, 3.8) is 0 Å². The van der Waals surface area contributed by atoms with Crippen LogP contribution >= 0.6 is 11.3 Å². The topological polar surface area (TPSA) is 55.7 Å². The summed E-state index contributed by atoms with van der Waals surface area (Å²) in [5.74, 6) is 1.64. The van der Waals surface area contributed by atoms with Gasteiger partial charge >= 0.3 is 0 Å². The van der Waals surface area contributed by atoms with Crippen LogP contribution in [0.3, 0.4) is 0 Å². The van der Waals surface area contributed by atoms with Gasteiger partial charge in [-0.2, -0.15) is 5.10 Å². The number of thiazole rings is 1. The highest BCUT2D eigenvalue weighted by Crippen LogP contribution is 2.25. The Morgan fingerprint density at radius 1 is 0.968 bits per heavy atom. The third kappa shape index (κ3) is 5.71. The summed E-state index contributed by atoms with van der Waals surface area (Å²) in [5, 5.41) is 5.06. The smallest absolute Gasteiger partial charge is 0.204 e. The molecule has 3 aromatic carbocycles. The SMILES string of the molecule is C=CCc1ccccc1OCCOc1cccc(/C=N\Nc2nc3ccccc3s2)c1. The Kier molecular flexibility index (Phi) is 6.92. The molecule has 1 heterocycles. The molecule has 4 aromatic rings. The second-order valence-electron chi connectivity index (χ2n) is 6.73. The van der Waals surface area contributed by atoms with Gasteiger partial charge in [0.25, 0.3) is 0 Å². The summed E-state index contributed by atoms with van der Waals surface area (Å²) in [6.07, 6.45) is 4.40. The zero-order chi connectivity index (χ0) is 21.3. The Bertz CT molecular complexity index is 1150. The number of fused-ring (bicyclic) bond motifs is 1. The first kappa shape index (κ1) is 20.6. The van der Waals surface area contributed by atoms with Crippen molar-refractivity contribution in [1.82, 2.24) is 4.98 Å². The summed E-state index contributed by atoms with van der Waals surface area (Å²) < 4.78 is 12.8. The minimum Gasteiger partial charge on any atom is -0.490 e. The Hall–Kier alpha value is -3.64. The van der Waals surface area contributed by atoms with Crippen LogP contribution in [0.2, 0.25) is 0 Å². The van der Waals surface area contributed by atoms with Crippen LogP contribution in [0, 0.1) is 0 Å². The quantitative estimate of drug-likeness (QED) is 0.147. The zero-order valence-electron chi connectivity index (χ0n) is 17.0. The van der Waals surface area contributed by atoms with Gasteiger partial charge in [-0.15, -0.1) is 6.58 Å². The summed E-state index contributed by atoms with van der Waals surface area (Å²) in [5.41, 5.74) is 6.02. The van der Waals surface area contributed by atoms with Crippen molar-refractivity contribution >= 4 is 32.9 Å². The van der Waals surface area contributed by atoms with Gasteiger partial charge in [-0.3, -0.25) is 5.43 Å². The Balaban J connectivity index is 1.28. The minimum atomic E-state index is 0.451. The lowest BCUT2D eigenvalue weighted by Gasteiger charge is -2.11. The molecule has 0 bridgehead atoms. The number of nitrogens with one attached hydrogen (secondary N) is 1. The van der Waals surface area contributed by atoms with Gasteiger partial charge in [0.1, 0.15) is 24.7 Å². The summed E-state index contributed by atoms with van der Waals surface area (Å²) in [6, 6.07) is 23.8. The van der Waals surface area contributed by atoms with Crippen LogP contribution in [0.1, 0.15) is 11.1 Å². The molecule has 0 radical (unpaired) electrons. The third-order valence-electron chi connectivity index (χ3n) is 4.47. The zero-order valence-corrected chi connectivity index (χ0v) is 17.8. The lowest BCUT2D eigenvalue weighted by Crippen LogP contribution is -2.10. The fourth-order valence-electron chi connectivity index (χ4n) is 3.05. The van der Waals surface area contributed by atoms with E-state index in [0.29, 0.717) is 13.2 Å². The first-order chi connectivity index (χ1) is 15.3. The van der Waals surface area contributed by atoms with E-state index in [2.05, 4.69) is 22.1 Å². The summed E-state index contributed by atoms with van der Waals surface area (Å²) in [4.78, 5) is 4.50. The molecule has 0 saturated heterocycles. The highest BCUT2D eigenvalue weighted by atomic mass is 32.1. The molecule has 6 heteroatoms. The van der Waals surface area contributed by atoms with E-state index in [9.17, 15) is 0 Å². The normalized spacial score (nSPS) is 11.0. The molecule has 4 rings (SSSR count). The molecular weight excluding hydrogens is 406 g/mol. The molecule has 1 N–H and O–H groups in total. The molecule has 0 aliphatic heterocycles. The molecule has 0 aliphatic rings. The Morgan fingerprint density at radius 3 is 2.71 bits per heavy atom. The first-order valence-corrected chi connectivity index (χ1v) is 10.8. The molecule has 0 atom stereocenters. The third-order valence-corrected chi connectivity index (χ3v) is 5.41. The van der Waals surface area contributed by atoms with Crippen LogP contribution < -0.4 is 14.9 Å². The maximum Gasteiger partial charge on any atom is 0.204 e.